The molecule has 1 nitrogen and oxygen atoms in total. The molecular formula is C12H14F5N. The molecule has 0 saturated heterocycles. The van der Waals surface area contributed by atoms with Crippen LogP contribution in [0.4, 0.5) is 22.0 Å². The van der Waals surface area contributed by atoms with Gasteiger partial charge in [0.15, 0.2) is 11.6 Å². The van der Waals surface area contributed by atoms with Crippen LogP contribution in [0.1, 0.15) is 24.8 Å². The lowest BCUT2D eigenvalue weighted by molar-refractivity contribution is -0.135. The minimum atomic E-state index is -4.13. The smallest absolute Gasteiger partial charge is 0.313 e. The first kappa shape index (κ1) is 14.9. The summed E-state index contributed by atoms with van der Waals surface area (Å²) in [5.74, 6) is -1.84. The first-order valence-corrected chi connectivity index (χ1v) is 5.60. The van der Waals surface area contributed by atoms with Crippen molar-refractivity contribution in [3.05, 3.63) is 35.4 Å². The number of nitrogens with one attached hydrogen (secondary N) is 1. The summed E-state index contributed by atoms with van der Waals surface area (Å²) in [5.41, 5.74) is 0.172. The average Bonchev–Trinajstić information content (AvgIpc) is 2.27. The van der Waals surface area contributed by atoms with Gasteiger partial charge < -0.3 is 5.32 Å². The summed E-state index contributed by atoms with van der Waals surface area (Å²) in [5, 5.41) is 2.78. The van der Waals surface area contributed by atoms with E-state index < -0.39 is 24.2 Å². The van der Waals surface area contributed by atoms with Gasteiger partial charge in [-0.2, -0.15) is 13.2 Å². The summed E-state index contributed by atoms with van der Waals surface area (Å²) in [6.07, 6.45) is -4.57. The monoisotopic (exact) mass is 267 g/mol. The van der Waals surface area contributed by atoms with Crippen molar-refractivity contribution in [3.63, 3.8) is 0 Å². The topological polar surface area (TPSA) is 12.0 Å². The lowest BCUT2D eigenvalue weighted by atomic mass is 10.2. The predicted octanol–water partition coefficient (Wildman–Crippen LogP) is 3.79. The van der Waals surface area contributed by atoms with Crippen LogP contribution in [0.2, 0.25) is 0 Å². The molecule has 0 aliphatic heterocycles. The Morgan fingerprint density at radius 1 is 1.06 bits per heavy atom. The van der Waals surface area contributed by atoms with Gasteiger partial charge in [-0.15, -0.1) is 0 Å². The Balaban J connectivity index is 2.20. The van der Waals surface area contributed by atoms with Crippen LogP contribution in [0.5, 0.6) is 0 Å². The van der Waals surface area contributed by atoms with Gasteiger partial charge in [0.25, 0.3) is 0 Å². The maximum atomic E-state index is 13.2. The summed E-state index contributed by atoms with van der Waals surface area (Å²) in [7, 11) is 0. The van der Waals surface area contributed by atoms with E-state index in [0.29, 0.717) is 13.0 Å². The molecule has 1 rings (SSSR count). The van der Waals surface area contributed by atoms with Crippen molar-refractivity contribution in [2.45, 2.75) is 32.0 Å². The molecule has 0 unspecified atom stereocenters. The second-order valence-electron chi connectivity index (χ2n) is 3.96. The molecule has 102 valence electrons. The van der Waals surface area contributed by atoms with E-state index in [2.05, 4.69) is 5.32 Å². The molecule has 18 heavy (non-hydrogen) atoms. The Morgan fingerprint density at radius 3 is 2.44 bits per heavy atom. The molecule has 1 aromatic rings. The minimum Gasteiger partial charge on any atom is -0.313 e. The van der Waals surface area contributed by atoms with E-state index >= 15 is 0 Å². The van der Waals surface area contributed by atoms with E-state index in [0.717, 1.165) is 6.07 Å². The second-order valence-corrected chi connectivity index (χ2v) is 3.96. The standard InChI is InChI=1S/C12H14F5N/c13-10-5-3-4-9(11(10)14)8-18-7-2-1-6-12(15,16)17/h3-5,18H,1-2,6-8H2. The molecule has 0 saturated carbocycles. The zero-order valence-corrected chi connectivity index (χ0v) is 9.66. The Hall–Kier alpha value is -1.17. The zero-order valence-electron chi connectivity index (χ0n) is 9.66. The number of halogens is 5. The number of alkyl halides is 3. The lowest BCUT2D eigenvalue weighted by Crippen LogP contribution is -2.17. The Labute approximate surface area is 102 Å². The zero-order chi connectivity index (χ0) is 13.6. The van der Waals surface area contributed by atoms with Crippen LogP contribution in [0.25, 0.3) is 0 Å². The van der Waals surface area contributed by atoms with Gasteiger partial charge in [-0.1, -0.05) is 12.1 Å². The number of rotatable bonds is 6. The van der Waals surface area contributed by atoms with Crippen LogP contribution in [0.15, 0.2) is 18.2 Å². The van der Waals surface area contributed by atoms with Crippen LogP contribution >= 0.6 is 0 Å². The normalized spacial score (nSPS) is 11.8. The van der Waals surface area contributed by atoms with Crippen LogP contribution < -0.4 is 5.32 Å². The second kappa shape index (κ2) is 6.68. The SMILES string of the molecule is Fc1cccc(CNCCCCC(F)(F)F)c1F. The number of hydrogen-bond donors (Lipinski definition) is 1. The van der Waals surface area contributed by atoms with Crippen LogP contribution in [-0.2, 0) is 6.54 Å². The van der Waals surface area contributed by atoms with Gasteiger partial charge in [-0.25, -0.2) is 8.78 Å². The largest absolute Gasteiger partial charge is 0.389 e. The number of hydrogen-bond acceptors (Lipinski definition) is 1. The van der Waals surface area contributed by atoms with Gasteiger partial charge in [0.1, 0.15) is 0 Å². The van der Waals surface area contributed by atoms with E-state index in [1.807, 2.05) is 0 Å². The molecule has 0 bridgehead atoms. The van der Waals surface area contributed by atoms with Gasteiger partial charge in [-0.3, -0.25) is 0 Å². The van der Waals surface area contributed by atoms with E-state index in [4.69, 9.17) is 0 Å². The molecule has 6 heteroatoms. The molecule has 0 atom stereocenters. The third-order valence-corrected chi connectivity index (χ3v) is 2.41. The van der Waals surface area contributed by atoms with Crippen molar-refractivity contribution in [1.82, 2.24) is 5.32 Å². The van der Waals surface area contributed by atoms with Crippen molar-refractivity contribution in [3.8, 4) is 0 Å². The summed E-state index contributed by atoms with van der Waals surface area (Å²) in [6.45, 7) is 0.446. The molecule has 1 aromatic carbocycles. The fraction of sp³-hybridized carbons (Fsp3) is 0.500. The van der Waals surface area contributed by atoms with Gasteiger partial charge in [0.2, 0.25) is 0 Å². The van der Waals surface area contributed by atoms with Crippen LogP contribution in [-0.4, -0.2) is 12.7 Å². The Kier molecular flexibility index (Phi) is 5.53. The van der Waals surface area contributed by atoms with Gasteiger partial charge in [0.05, 0.1) is 0 Å². The molecule has 0 heterocycles. The summed E-state index contributed by atoms with van der Waals surface area (Å²) < 4.78 is 61.4. The van der Waals surface area contributed by atoms with Crippen LogP contribution in [0, 0.1) is 11.6 Å². The van der Waals surface area contributed by atoms with Crippen LogP contribution in [0.3, 0.4) is 0 Å². The maximum absolute atomic E-state index is 13.2. The van der Waals surface area contributed by atoms with E-state index in [1.165, 1.54) is 12.1 Å². The Morgan fingerprint density at radius 2 is 1.78 bits per heavy atom. The molecule has 0 fully saturated rings. The predicted molar refractivity (Wildman–Crippen MR) is 58.0 cm³/mol. The molecular weight excluding hydrogens is 253 g/mol. The fourth-order valence-corrected chi connectivity index (χ4v) is 1.48. The average molecular weight is 267 g/mol. The molecule has 0 aliphatic rings. The fourth-order valence-electron chi connectivity index (χ4n) is 1.48. The van der Waals surface area contributed by atoms with Crippen molar-refractivity contribution in [2.75, 3.05) is 6.54 Å². The van der Waals surface area contributed by atoms with Gasteiger partial charge in [-0.05, 0) is 25.5 Å². The maximum Gasteiger partial charge on any atom is 0.389 e. The highest BCUT2D eigenvalue weighted by atomic mass is 19.4. The molecule has 0 aromatic heterocycles. The summed E-state index contributed by atoms with van der Waals surface area (Å²) in [4.78, 5) is 0. The third-order valence-electron chi connectivity index (χ3n) is 2.41. The highest BCUT2D eigenvalue weighted by Crippen LogP contribution is 2.21. The van der Waals surface area contributed by atoms with E-state index in [-0.39, 0.29) is 18.5 Å². The molecule has 0 radical (unpaired) electrons. The minimum absolute atomic E-state index is 0.0299. The third kappa shape index (κ3) is 5.44. The Bertz CT molecular complexity index is 375. The van der Waals surface area contributed by atoms with E-state index in [9.17, 15) is 22.0 Å². The van der Waals surface area contributed by atoms with Crippen molar-refractivity contribution in [2.24, 2.45) is 0 Å². The van der Waals surface area contributed by atoms with Crippen molar-refractivity contribution in [1.29, 1.82) is 0 Å². The summed E-state index contributed by atoms with van der Waals surface area (Å²) >= 11 is 0. The number of benzene rings is 1. The van der Waals surface area contributed by atoms with Gasteiger partial charge >= 0.3 is 6.18 Å². The van der Waals surface area contributed by atoms with Crippen molar-refractivity contribution >= 4 is 0 Å². The highest BCUT2D eigenvalue weighted by Gasteiger charge is 2.25. The van der Waals surface area contributed by atoms with Crippen molar-refractivity contribution < 1.29 is 22.0 Å². The summed E-state index contributed by atoms with van der Waals surface area (Å²) in [6, 6.07) is 3.84. The quantitative estimate of drug-likeness (QED) is 0.611. The molecule has 1 N–H and O–H groups in total. The first-order chi connectivity index (χ1) is 8.40. The van der Waals surface area contributed by atoms with Gasteiger partial charge in [0, 0.05) is 18.5 Å². The lowest BCUT2D eigenvalue weighted by Gasteiger charge is -2.08. The van der Waals surface area contributed by atoms with E-state index in [1.54, 1.807) is 0 Å². The number of unbranched alkanes of at least 4 members (excludes halogenated alkanes) is 1. The first-order valence-electron chi connectivity index (χ1n) is 5.60. The molecule has 0 amide bonds. The molecule has 0 aliphatic carbocycles. The molecule has 0 spiro atoms. The highest BCUT2D eigenvalue weighted by molar-refractivity contribution is 5.18.